The molecule has 0 radical (unpaired) electrons. The minimum atomic E-state index is -3.79. The van der Waals surface area contributed by atoms with E-state index in [4.69, 9.17) is 4.74 Å². The molecule has 8 heteroatoms. The van der Waals surface area contributed by atoms with Gasteiger partial charge in [0.2, 0.25) is 10.0 Å². The number of sulfonamides is 1. The number of carbonyl (C=O) groups excluding carboxylic acids is 1. The van der Waals surface area contributed by atoms with Crippen molar-refractivity contribution in [3.63, 3.8) is 0 Å². The van der Waals surface area contributed by atoms with Crippen LogP contribution in [0.3, 0.4) is 0 Å². The lowest BCUT2D eigenvalue weighted by molar-refractivity contribution is 0.0720. The summed E-state index contributed by atoms with van der Waals surface area (Å²) < 4.78 is 34.0. The average molecular weight is 486 g/mol. The number of likely N-dealkylation sites (tertiary alicyclic amines) is 2. The zero-order valence-electron chi connectivity index (χ0n) is 20.0. The van der Waals surface area contributed by atoms with Crippen LogP contribution in [-0.4, -0.2) is 57.4 Å². The van der Waals surface area contributed by atoms with Crippen molar-refractivity contribution >= 4 is 15.9 Å². The Kier molecular flexibility index (Phi) is 8.24. The van der Waals surface area contributed by atoms with Gasteiger partial charge in [0.1, 0.15) is 5.75 Å². The zero-order chi connectivity index (χ0) is 24.0. The number of amides is 1. The minimum absolute atomic E-state index is 0.0652. The van der Waals surface area contributed by atoms with Gasteiger partial charge in [0, 0.05) is 26.2 Å². The summed E-state index contributed by atoms with van der Waals surface area (Å²) in [5.74, 6) is 0.205. The SMILES string of the molecule is COc1ccc(S(=O)(=O)NCc2ccc(CN3CCCCC3)cc2)cc1C(=O)N1CCCCC1. The van der Waals surface area contributed by atoms with E-state index in [0.29, 0.717) is 18.8 Å². The average Bonchev–Trinajstić information content (AvgIpc) is 2.88. The van der Waals surface area contributed by atoms with E-state index in [1.165, 1.54) is 44.1 Å². The molecule has 0 saturated carbocycles. The first-order valence-corrected chi connectivity index (χ1v) is 13.7. The van der Waals surface area contributed by atoms with Crippen molar-refractivity contribution in [1.29, 1.82) is 0 Å². The van der Waals surface area contributed by atoms with Gasteiger partial charge < -0.3 is 9.64 Å². The van der Waals surface area contributed by atoms with E-state index in [2.05, 4.69) is 21.8 Å². The molecule has 2 aliphatic heterocycles. The summed E-state index contributed by atoms with van der Waals surface area (Å²) in [4.78, 5) is 17.3. The topological polar surface area (TPSA) is 79.0 Å². The van der Waals surface area contributed by atoms with Gasteiger partial charge in [-0.2, -0.15) is 0 Å². The molecule has 2 aliphatic rings. The van der Waals surface area contributed by atoms with Crippen molar-refractivity contribution < 1.29 is 17.9 Å². The number of piperidine rings is 2. The van der Waals surface area contributed by atoms with E-state index >= 15 is 0 Å². The fraction of sp³-hybridized carbons (Fsp3) is 0.500. The van der Waals surface area contributed by atoms with Crippen molar-refractivity contribution in [3.8, 4) is 5.75 Å². The fourth-order valence-corrected chi connectivity index (χ4v) is 5.73. The molecule has 2 fully saturated rings. The van der Waals surface area contributed by atoms with Gasteiger partial charge in [-0.15, -0.1) is 0 Å². The molecule has 0 bridgehead atoms. The highest BCUT2D eigenvalue weighted by Crippen LogP contribution is 2.25. The molecule has 0 spiro atoms. The molecule has 1 amide bonds. The Balaban J connectivity index is 1.42. The lowest BCUT2D eigenvalue weighted by Crippen LogP contribution is -2.36. The van der Waals surface area contributed by atoms with Gasteiger partial charge in [-0.05, 0) is 74.5 Å². The predicted octanol–water partition coefficient (Wildman–Crippen LogP) is 3.79. The molecule has 184 valence electrons. The summed E-state index contributed by atoms with van der Waals surface area (Å²) in [6, 6.07) is 12.6. The third kappa shape index (κ3) is 6.17. The first-order valence-electron chi connectivity index (χ1n) is 12.2. The van der Waals surface area contributed by atoms with E-state index in [1.54, 1.807) is 11.0 Å². The lowest BCUT2D eigenvalue weighted by Gasteiger charge is -2.27. The van der Waals surface area contributed by atoms with Crippen LogP contribution in [0.2, 0.25) is 0 Å². The molecule has 0 atom stereocenters. The van der Waals surface area contributed by atoms with Crippen LogP contribution < -0.4 is 9.46 Å². The molecule has 1 N–H and O–H groups in total. The third-order valence-corrected chi connectivity index (χ3v) is 8.10. The maximum atomic E-state index is 13.0. The molecule has 7 nitrogen and oxygen atoms in total. The van der Waals surface area contributed by atoms with Crippen LogP contribution in [0.5, 0.6) is 5.75 Å². The van der Waals surface area contributed by atoms with Gasteiger partial charge >= 0.3 is 0 Å². The van der Waals surface area contributed by atoms with Gasteiger partial charge in [-0.1, -0.05) is 30.7 Å². The van der Waals surface area contributed by atoms with Crippen LogP contribution in [0.4, 0.5) is 0 Å². The maximum Gasteiger partial charge on any atom is 0.257 e. The molecule has 4 rings (SSSR count). The highest BCUT2D eigenvalue weighted by Gasteiger charge is 2.24. The largest absolute Gasteiger partial charge is 0.496 e. The van der Waals surface area contributed by atoms with Gasteiger partial charge in [0.25, 0.3) is 5.91 Å². The number of nitrogens with one attached hydrogen (secondary N) is 1. The molecule has 0 aromatic heterocycles. The number of ether oxygens (including phenoxy) is 1. The molecular formula is C26H35N3O4S. The van der Waals surface area contributed by atoms with E-state index in [9.17, 15) is 13.2 Å². The number of carbonyl (C=O) groups is 1. The van der Waals surface area contributed by atoms with E-state index in [0.717, 1.165) is 44.5 Å². The van der Waals surface area contributed by atoms with Crippen LogP contribution in [0.1, 0.15) is 60.0 Å². The van der Waals surface area contributed by atoms with E-state index < -0.39 is 10.0 Å². The second-order valence-electron chi connectivity index (χ2n) is 9.19. The number of nitrogens with zero attached hydrogens (tertiary/aromatic N) is 2. The molecule has 34 heavy (non-hydrogen) atoms. The number of hydrogen-bond donors (Lipinski definition) is 1. The van der Waals surface area contributed by atoms with Crippen molar-refractivity contribution in [2.75, 3.05) is 33.3 Å². The van der Waals surface area contributed by atoms with Crippen LogP contribution >= 0.6 is 0 Å². The Bertz CT molecular complexity index is 1070. The van der Waals surface area contributed by atoms with E-state index in [1.807, 2.05) is 12.1 Å². The van der Waals surface area contributed by atoms with Crippen molar-refractivity contribution in [1.82, 2.24) is 14.5 Å². The number of hydrogen-bond acceptors (Lipinski definition) is 5. The second-order valence-corrected chi connectivity index (χ2v) is 11.0. The summed E-state index contributed by atoms with van der Waals surface area (Å²) in [6.07, 6.45) is 6.87. The van der Waals surface area contributed by atoms with Crippen LogP contribution in [0.15, 0.2) is 47.4 Å². The van der Waals surface area contributed by atoms with Crippen molar-refractivity contribution in [2.24, 2.45) is 0 Å². The van der Waals surface area contributed by atoms with Gasteiger partial charge in [0.05, 0.1) is 17.6 Å². The number of rotatable bonds is 8. The standard InChI is InChI=1S/C26H35N3O4S/c1-33-25-13-12-23(18-24(25)26(30)29-16-6-3-7-17-29)34(31,32)27-19-21-8-10-22(11-9-21)20-28-14-4-2-5-15-28/h8-13,18,27H,2-7,14-17,19-20H2,1H3. The summed E-state index contributed by atoms with van der Waals surface area (Å²) in [5, 5.41) is 0. The summed E-state index contributed by atoms with van der Waals surface area (Å²) in [6.45, 7) is 4.78. The Morgan fingerprint density at radius 3 is 2.15 bits per heavy atom. The summed E-state index contributed by atoms with van der Waals surface area (Å²) >= 11 is 0. The Morgan fingerprint density at radius 1 is 0.882 bits per heavy atom. The number of benzene rings is 2. The second kappa shape index (κ2) is 11.3. The Hall–Kier alpha value is -2.42. The molecule has 2 heterocycles. The summed E-state index contributed by atoms with van der Waals surface area (Å²) in [5.41, 5.74) is 2.42. The molecule has 2 aromatic rings. The molecular weight excluding hydrogens is 450 g/mol. The number of methoxy groups -OCH3 is 1. The predicted molar refractivity (Wildman–Crippen MR) is 132 cm³/mol. The monoisotopic (exact) mass is 485 g/mol. The first kappa shape index (κ1) is 24.7. The van der Waals surface area contributed by atoms with Crippen molar-refractivity contribution in [2.45, 2.75) is 56.5 Å². The summed E-state index contributed by atoms with van der Waals surface area (Å²) in [7, 11) is -2.30. The van der Waals surface area contributed by atoms with Crippen LogP contribution in [-0.2, 0) is 23.1 Å². The molecule has 2 aromatic carbocycles. The van der Waals surface area contributed by atoms with E-state index in [-0.39, 0.29) is 22.9 Å². The smallest absolute Gasteiger partial charge is 0.257 e. The minimum Gasteiger partial charge on any atom is -0.496 e. The first-order chi connectivity index (χ1) is 16.5. The lowest BCUT2D eigenvalue weighted by atomic mass is 10.1. The van der Waals surface area contributed by atoms with Crippen molar-refractivity contribution in [3.05, 3.63) is 59.2 Å². The molecule has 0 aliphatic carbocycles. The van der Waals surface area contributed by atoms with Gasteiger partial charge in [-0.3, -0.25) is 9.69 Å². The Labute approximate surface area is 203 Å². The highest BCUT2D eigenvalue weighted by molar-refractivity contribution is 7.89. The maximum absolute atomic E-state index is 13.0. The van der Waals surface area contributed by atoms with Crippen LogP contribution in [0, 0.1) is 0 Å². The normalized spacial score (nSPS) is 17.5. The molecule has 2 saturated heterocycles. The Morgan fingerprint density at radius 2 is 1.50 bits per heavy atom. The molecule has 0 unspecified atom stereocenters. The quantitative estimate of drug-likeness (QED) is 0.616. The fourth-order valence-electron chi connectivity index (χ4n) is 4.69. The zero-order valence-corrected chi connectivity index (χ0v) is 20.8. The van der Waals surface area contributed by atoms with Gasteiger partial charge in [0.15, 0.2) is 0 Å². The highest BCUT2D eigenvalue weighted by atomic mass is 32.2. The third-order valence-electron chi connectivity index (χ3n) is 6.70. The van der Waals surface area contributed by atoms with Gasteiger partial charge in [-0.25, -0.2) is 13.1 Å². The van der Waals surface area contributed by atoms with Crippen LogP contribution in [0.25, 0.3) is 0 Å².